The summed E-state index contributed by atoms with van der Waals surface area (Å²) in [5.74, 6) is -0.286. The summed E-state index contributed by atoms with van der Waals surface area (Å²) in [6.07, 6.45) is 8.02. The molecule has 0 spiro atoms. The number of carbonyl (C=O) groups is 2. The molecule has 0 saturated heterocycles. The summed E-state index contributed by atoms with van der Waals surface area (Å²) in [5, 5.41) is 0. The third-order valence-corrected chi connectivity index (χ3v) is 8.26. The summed E-state index contributed by atoms with van der Waals surface area (Å²) in [6, 6.07) is 35.3. The van der Waals surface area contributed by atoms with Gasteiger partial charge in [-0.05, 0) is 65.4 Å². The maximum absolute atomic E-state index is 14.5. The molecule has 5 aromatic rings. The number of aryl methyl sites for hydroxylation is 1. The van der Waals surface area contributed by atoms with Crippen LogP contribution in [-0.2, 0) is 35.5 Å². The molecule has 45 heavy (non-hydrogen) atoms. The van der Waals surface area contributed by atoms with Gasteiger partial charge in [-0.25, -0.2) is 0 Å². The fraction of sp³-hybridized carbons (Fsp3) is 0.179. The number of aromatic nitrogens is 2. The molecule has 1 unspecified atom stereocenters. The number of amides is 2. The predicted octanol–water partition coefficient (Wildman–Crippen LogP) is 6.69. The van der Waals surface area contributed by atoms with Gasteiger partial charge in [-0.15, -0.1) is 0 Å². The number of rotatable bonds is 9. The second-order valence-electron chi connectivity index (χ2n) is 11.5. The number of benzene rings is 3. The fourth-order valence-electron chi connectivity index (χ4n) is 5.75. The lowest BCUT2D eigenvalue weighted by molar-refractivity contribution is -0.144. The van der Waals surface area contributed by atoms with Gasteiger partial charge in [0.1, 0.15) is 6.04 Å². The molecule has 1 aliphatic rings. The Labute approximate surface area is 264 Å². The van der Waals surface area contributed by atoms with E-state index in [-0.39, 0.29) is 18.4 Å². The zero-order valence-corrected chi connectivity index (χ0v) is 25.4. The van der Waals surface area contributed by atoms with Gasteiger partial charge in [0.15, 0.2) is 0 Å². The quantitative estimate of drug-likeness (QED) is 0.179. The zero-order valence-electron chi connectivity index (χ0n) is 25.4. The largest absolute Gasteiger partial charge is 0.336 e. The van der Waals surface area contributed by atoms with E-state index in [0.717, 1.165) is 39.9 Å². The Morgan fingerprint density at radius 3 is 2.31 bits per heavy atom. The molecule has 0 fully saturated rings. The van der Waals surface area contributed by atoms with Crippen LogP contribution in [0.3, 0.4) is 0 Å². The van der Waals surface area contributed by atoms with Crippen LogP contribution in [0.25, 0.3) is 17.3 Å². The van der Waals surface area contributed by atoms with E-state index in [1.165, 1.54) is 11.6 Å². The molecule has 6 rings (SSSR count). The standard InChI is InChI=1S/C39H36N4O2/c1-29-14-19-35(41-26-29)20-21-38(44)43(27-31-15-17-33(18-16-31)36-13-7-8-23-40-36)37(25-30-9-3-2-4-10-30)39(45)42-24-22-32-11-5-6-12-34(32)28-42/h2-21,23,26,37H,22,24-25,27-28H2,1H3. The van der Waals surface area contributed by atoms with Crippen molar-refractivity contribution in [1.29, 1.82) is 0 Å². The summed E-state index contributed by atoms with van der Waals surface area (Å²) >= 11 is 0. The summed E-state index contributed by atoms with van der Waals surface area (Å²) in [7, 11) is 0. The summed E-state index contributed by atoms with van der Waals surface area (Å²) in [6.45, 7) is 3.40. The Bertz CT molecular complexity index is 1770. The van der Waals surface area contributed by atoms with E-state index < -0.39 is 6.04 Å². The Morgan fingerprint density at radius 2 is 1.58 bits per heavy atom. The van der Waals surface area contributed by atoms with Gasteiger partial charge in [0.05, 0.1) is 11.4 Å². The summed E-state index contributed by atoms with van der Waals surface area (Å²) < 4.78 is 0. The van der Waals surface area contributed by atoms with Gasteiger partial charge in [0.25, 0.3) is 0 Å². The lowest BCUT2D eigenvalue weighted by Gasteiger charge is -2.37. The van der Waals surface area contributed by atoms with Crippen LogP contribution in [0.15, 0.2) is 128 Å². The van der Waals surface area contributed by atoms with Crippen LogP contribution in [0, 0.1) is 6.92 Å². The number of hydrogen-bond donors (Lipinski definition) is 0. The third-order valence-electron chi connectivity index (χ3n) is 8.26. The molecule has 2 amide bonds. The lowest BCUT2D eigenvalue weighted by atomic mass is 9.97. The minimum absolute atomic E-state index is 0.0475. The topological polar surface area (TPSA) is 66.4 Å². The average molecular weight is 593 g/mol. The van der Waals surface area contributed by atoms with Crippen molar-refractivity contribution < 1.29 is 9.59 Å². The SMILES string of the molecule is Cc1ccc(C=CC(=O)N(Cc2ccc(-c3ccccn3)cc2)C(Cc2ccccc2)C(=O)N2CCc3ccccc3C2)nc1. The highest BCUT2D eigenvalue weighted by molar-refractivity contribution is 5.95. The summed E-state index contributed by atoms with van der Waals surface area (Å²) in [4.78, 5) is 41.1. The van der Waals surface area contributed by atoms with Crippen LogP contribution < -0.4 is 0 Å². The Balaban J connectivity index is 1.34. The van der Waals surface area contributed by atoms with E-state index in [2.05, 4.69) is 22.1 Å². The molecule has 0 bridgehead atoms. The summed E-state index contributed by atoms with van der Waals surface area (Å²) in [5.41, 5.74) is 7.97. The van der Waals surface area contributed by atoms with E-state index in [4.69, 9.17) is 0 Å². The van der Waals surface area contributed by atoms with Crippen LogP contribution in [0.2, 0.25) is 0 Å². The highest BCUT2D eigenvalue weighted by Crippen LogP contribution is 2.24. The van der Waals surface area contributed by atoms with Crippen LogP contribution in [0.5, 0.6) is 0 Å². The normalized spacial score (nSPS) is 13.3. The highest BCUT2D eigenvalue weighted by atomic mass is 16.2. The molecule has 1 atom stereocenters. The van der Waals surface area contributed by atoms with Gasteiger partial charge in [-0.1, -0.05) is 91.0 Å². The van der Waals surface area contributed by atoms with Crippen molar-refractivity contribution >= 4 is 17.9 Å². The minimum atomic E-state index is -0.698. The molecule has 6 heteroatoms. The average Bonchev–Trinajstić information content (AvgIpc) is 3.10. The van der Waals surface area contributed by atoms with Gasteiger partial charge in [0.2, 0.25) is 11.8 Å². The number of pyridine rings is 2. The molecule has 0 saturated carbocycles. The molecule has 1 aliphatic heterocycles. The minimum Gasteiger partial charge on any atom is -0.336 e. The number of fused-ring (bicyclic) bond motifs is 1. The number of nitrogens with zero attached hydrogens (tertiary/aromatic N) is 4. The van der Waals surface area contributed by atoms with Gasteiger partial charge >= 0.3 is 0 Å². The van der Waals surface area contributed by atoms with E-state index in [1.54, 1.807) is 23.4 Å². The molecular formula is C39H36N4O2. The molecule has 0 N–H and O–H groups in total. The van der Waals surface area contributed by atoms with Crippen molar-refractivity contribution in [3.63, 3.8) is 0 Å². The van der Waals surface area contributed by atoms with Crippen molar-refractivity contribution in [3.05, 3.63) is 161 Å². The van der Waals surface area contributed by atoms with E-state index in [9.17, 15) is 9.59 Å². The van der Waals surface area contributed by atoms with Crippen molar-refractivity contribution in [2.45, 2.75) is 38.9 Å². The van der Waals surface area contributed by atoms with Crippen LogP contribution in [0.4, 0.5) is 0 Å². The lowest BCUT2D eigenvalue weighted by Crippen LogP contribution is -2.52. The van der Waals surface area contributed by atoms with Gasteiger partial charge in [-0.3, -0.25) is 19.6 Å². The fourth-order valence-corrected chi connectivity index (χ4v) is 5.75. The first-order chi connectivity index (χ1) is 22.0. The van der Waals surface area contributed by atoms with Crippen molar-refractivity contribution in [1.82, 2.24) is 19.8 Å². The van der Waals surface area contributed by atoms with E-state index in [0.29, 0.717) is 25.2 Å². The molecule has 0 radical (unpaired) electrons. The maximum atomic E-state index is 14.5. The van der Waals surface area contributed by atoms with Crippen LogP contribution in [0.1, 0.15) is 33.5 Å². The van der Waals surface area contributed by atoms with Crippen LogP contribution >= 0.6 is 0 Å². The Morgan fingerprint density at radius 1 is 0.822 bits per heavy atom. The third kappa shape index (κ3) is 7.42. The number of hydrogen-bond acceptors (Lipinski definition) is 4. The maximum Gasteiger partial charge on any atom is 0.247 e. The molecule has 6 nitrogen and oxygen atoms in total. The predicted molar refractivity (Wildman–Crippen MR) is 178 cm³/mol. The molecule has 2 aromatic heterocycles. The van der Waals surface area contributed by atoms with E-state index >= 15 is 0 Å². The van der Waals surface area contributed by atoms with Gasteiger partial charge in [0, 0.05) is 50.1 Å². The second-order valence-corrected chi connectivity index (χ2v) is 11.5. The molecule has 0 aliphatic carbocycles. The van der Waals surface area contributed by atoms with Gasteiger partial charge < -0.3 is 9.80 Å². The molecule has 224 valence electrons. The van der Waals surface area contributed by atoms with Crippen molar-refractivity contribution in [3.8, 4) is 11.3 Å². The van der Waals surface area contributed by atoms with Crippen LogP contribution in [-0.4, -0.2) is 44.2 Å². The Kier molecular flexibility index (Phi) is 9.21. The van der Waals surface area contributed by atoms with Gasteiger partial charge in [-0.2, -0.15) is 0 Å². The number of carbonyl (C=O) groups excluding carboxylic acids is 2. The highest BCUT2D eigenvalue weighted by Gasteiger charge is 2.34. The van der Waals surface area contributed by atoms with Crippen molar-refractivity contribution in [2.75, 3.05) is 6.54 Å². The first-order valence-electron chi connectivity index (χ1n) is 15.3. The molecule has 3 heterocycles. The first-order valence-corrected chi connectivity index (χ1v) is 15.3. The second kappa shape index (κ2) is 14.0. The smallest absolute Gasteiger partial charge is 0.247 e. The first kappa shape index (κ1) is 29.7. The molecule has 3 aromatic carbocycles. The Hall–Kier alpha value is -5.36. The van der Waals surface area contributed by atoms with E-state index in [1.807, 2.05) is 109 Å². The van der Waals surface area contributed by atoms with Crippen molar-refractivity contribution in [2.24, 2.45) is 0 Å². The molecular weight excluding hydrogens is 556 g/mol. The monoisotopic (exact) mass is 592 g/mol. The zero-order chi connectivity index (χ0) is 31.0.